The van der Waals surface area contributed by atoms with Crippen molar-refractivity contribution in [1.29, 1.82) is 0 Å². The van der Waals surface area contributed by atoms with Gasteiger partial charge in [-0.1, -0.05) is 11.6 Å². The first-order valence-corrected chi connectivity index (χ1v) is 6.14. The molecule has 0 bridgehead atoms. The lowest BCUT2D eigenvalue weighted by molar-refractivity contribution is -0.137. The Morgan fingerprint density at radius 3 is 2.47 bits per heavy atom. The van der Waals surface area contributed by atoms with E-state index >= 15 is 0 Å². The van der Waals surface area contributed by atoms with Gasteiger partial charge in [-0.05, 0) is 23.8 Å². The molecule has 0 aliphatic carbocycles. The first-order chi connectivity index (χ1) is 8.77. The van der Waals surface area contributed by atoms with Gasteiger partial charge in [-0.25, -0.2) is 9.37 Å². The van der Waals surface area contributed by atoms with Crippen LogP contribution in [-0.2, 0) is 6.18 Å². The third kappa shape index (κ3) is 3.23. The molecule has 0 aliphatic rings. The molecule has 0 amide bonds. The van der Waals surface area contributed by atoms with Gasteiger partial charge in [0.05, 0.1) is 4.88 Å². The second kappa shape index (κ2) is 5.07. The van der Waals surface area contributed by atoms with Gasteiger partial charge >= 0.3 is 6.18 Å². The summed E-state index contributed by atoms with van der Waals surface area (Å²) in [4.78, 5) is 3.15. The quantitative estimate of drug-likeness (QED) is 0.849. The van der Waals surface area contributed by atoms with Gasteiger partial charge in [-0.15, -0.1) is 11.3 Å². The van der Waals surface area contributed by atoms with Gasteiger partial charge in [0.25, 0.3) is 0 Å². The molecule has 1 atom stereocenters. The summed E-state index contributed by atoms with van der Waals surface area (Å²) in [7, 11) is 0. The Bertz CT molecular complexity index is 578. The Hall–Kier alpha value is -1.18. The topological polar surface area (TPSA) is 33.1 Å². The fourth-order valence-electron chi connectivity index (χ4n) is 1.44. The predicted molar refractivity (Wildman–Crippen MR) is 62.6 cm³/mol. The van der Waals surface area contributed by atoms with E-state index in [2.05, 4.69) is 4.98 Å². The van der Waals surface area contributed by atoms with Crippen LogP contribution in [-0.4, -0.2) is 10.1 Å². The number of aliphatic hydroxyl groups is 1. The van der Waals surface area contributed by atoms with Crippen LogP contribution in [0.2, 0.25) is 5.02 Å². The van der Waals surface area contributed by atoms with Crippen LogP contribution in [0.1, 0.15) is 21.6 Å². The smallest absolute Gasteiger partial charge is 0.383 e. The molecule has 8 heteroatoms. The molecule has 2 aromatic rings. The maximum Gasteiger partial charge on any atom is 0.443 e. The van der Waals surface area contributed by atoms with Gasteiger partial charge in [-0.3, -0.25) is 0 Å². The first kappa shape index (κ1) is 14.2. The van der Waals surface area contributed by atoms with Crippen LogP contribution >= 0.6 is 22.9 Å². The van der Waals surface area contributed by atoms with Crippen molar-refractivity contribution >= 4 is 22.9 Å². The molecule has 1 unspecified atom stereocenters. The van der Waals surface area contributed by atoms with Gasteiger partial charge in [0, 0.05) is 11.2 Å². The van der Waals surface area contributed by atoms with E-state index < -0.39 is 23.1 Å². The second-order valence-corrected chi connectivity index (χ2v) is 5.17. The highest BCUT2D eigenvalue weighted by molar-refractivity contribution is 7.11. The molecule has 19 heavy (non-hydrogen) atoms. The summed E-state index contributed by atoms with van der Waals surface area (Å²) in [6.45, 7) is 0. The lowest BCUT2D eigenvalue weighted by atomic mass is 10.1. The number of thiazole rings is 1. The van der Waals surface area contributed by atoms with Crippen molar-refractivity contribution in [2.24, 2.45) is 0 Å². The Morgan fingerprint density at radius 1 is 1.26 bits per heavy atom. The van der Waals surface area contributed by atoms with Crippen molar-refractivity contribution in [1.82, 2.24) is 4.98 Å². The second-order valence-electron chi connectivity index (χ2n) is 3.67. The van der Waals surface area contributed by atoms with E-state index in [1.165, 1.54) is 6.07 Å². The van der Waals surface area contributed by atoms with Crippen LogP contribution in [0.3, 0.4) is 0 Å². The molecule has 1 aromatic carbocycles. The van der Waals surface area contributed by atoms with E-state index in [9.17, 15) is 22.7 Å². The Morgan fingerprint density at radius 2 is 1.95 bits per heavy atom. The highest BCUT2D eigenvalue weighted by atomic mass is 35.5. The average molecular weight is 312 g/mol. The van der Waals surface area contributed by atoms with Crippen LogP contribution in [0.5, 0.6) is 0 Å². The number of hydrogen-bond donors (Lipinski definition) is 1. The molecule has 0 aliphatic heterocycles. The van der Waals surface area contributed by atoms with E-state index in [0.717, 1.165) is 18.3 Å². The summed E-state index contributed by atoms with van der Waals surface area (Å²) in [5, 5.41) is 8.88. The van der Waals surface area contributed by atoms with Crippen molar-refractivity contribution in [3.05, 3.63) is 50.7 Å². The minimum atomic E-state index is -4.57. The van der Waals surface area contributed by atoms with Crippen molar-refractivity contribution in [2.75, 3.05) is 0 Å². The normalized spacial score (nSPS) is 13.6. The number of nitrogens with zero attached hydrogens (tertiary/aromatic N) is 1. The standard InChI is InChI=1S/C11H6ClF4NOS/c12-6-1-5(2-7(13)3-6)9(18)8-4-17-10(19-8)11(14,15)16/h1-4,9,18H. The van der Waals surface area contributed by atoms with E-state index in [1.54, 1.807) is 0 Å². The van der Waals surface area contributed by atoms with Gasteiger partial charge in [0.1, 0.15) is 11.9 Å². The molecule has 2 rings (SSSR count). The zero-order valence-electron chi connectivity index (χ0n) is 9.08. The Kier molecular flexibility index (Phi) is 3.80. The first-order valence-electron chi connectivity index (χ1n) is 4.94. The fourth-order valence-corrected chi connectivity index (χ4v) is 2.47. The molecule has 0 fully saturated rings. The van der Waals surface area contributed by atoms with Crippen LogP contribution in [0.25, 0.3) is 0 Å². The maximum atomic E-state index is 13.1. The van der Waals surface area contributed by atoms with Crippen molar-refractivity contribution in [3.63, 3.8) is 0 Å². The number of aromatic nitrogens is 1. The molecule has 0 spiro atoms. The number of benzene rings is 1. The molecule has 0 saturated carbocycles. The summed E-state index contributed by atoms with van der Waals surface area (Å²) in [6.07, 6.45) is -5.05. The molecule has 0 saturated heterocycles. The van der Waals surface area contributed by atoms with Crippen LogP contribution < -0.4 is 0 Å². The Labute approximate surface area is 114 Å². The van der Waals surface area contributed by atoms with Gasteiger partial charge in [-0.2, -0.15) is 13.2 Å². The largest absolute Gasteiger partial charge is 0.443 e. The SMILES string of the molecule is OC(c1cc(F)cc(Cl)c1)c1cnc(C(F)(F)F)s1. The molecular formula is C11H6ClF4NOS. The monoisotopic (exact) mass is 311 g/mol. The van der Waals surface area contributed by atoms with Crippen LogP contribution in [0.4, 0.5) is 17.6 Å². The average Bonchev–Trinajstić information content (AvgIpc) is 2.75. The highest BCUT2D eigenvalue weighted by Crippen LogP contribution is 2.36. The summed E-state index contributed by atoms with van der Waals surface area (Å²) < 4.78 is 50.3. The summed E-state index contributed by atoms with van der Waals surface area (Å²) in [5.74, 6) is -0.679. The van der Waals surface area contributed by atoms with Gasteiger partial charge < -0.3 is 5.11 Å². The van der Waals surface area contributed by atoms with Crippen molar-refractivity contribution in [2.45, 2.75) is 12.3 Å². The molecule has 2 nitrogen and oxygen atoms in total. The molecule has 102 valence electrons. The lowest BCUT2D eigenvalue weighted by Crippen LogP contribution is -2.03. The molecule has 1 N–H and O–H groups in total. The van der Waals surface area contributed by atoms with Crippen LogP contribution in [0, 0.1) is 5.82 Å². The summed E-state index contributed by atoms with van der Waals surface area (Å²) in [6, 6.07) is 3.32. The number of hydrogen-bond acceptors (Lipinski definition) is 3. The summed E-state index contributed by atoms with van der Waals surface area (Å²) in [5.41, 5.74) is 0.0716. The lowest BCUT2D eigenvalue weighted by Gasteiger charge is -2.09. The molecular weight excluding hydrogens is 306 g/mol. The van der Waals surface area contributed by atoms with Gasteiger partial charge in [0.15, 0.2) is 5.01 Å². The minimum Gasteiger partial charge on any atom is -0.383 e. The molecule has 1 heterocycles. The van der Waals surface area contributed by atoms with E-state index in [4.69, 9.17) is 11.6 Å². The highest BCUT2D eigenvalue weighted by Gasteiger charge is 2.35. The van der Waals surface area contributed by atoms with E-state index in [0.29, 0.717) is 11.3 Å². The number of halogens is 5. The third-order valence-corrected chi connectivity index (χ3v) is 3.55. The maximum absolute atomic E-state index is 13.1. The van der Waals surface area contributed by atoms with Crippen molar-refractivity contribution < 1.29 is 22.7 Å². The third-order valence-electron chi connectivity index (χ3n) is 2.24. The number of alkyl halides is 3. The minimum absolute atomic E-state index is 0.0333. The Balaban J connectivity index is 2.33. The fraction of sp³-hybridized carbons (Fsp3) is 0.182. The van der Waals surface area contributed by atoms with E-state index in [-0.39, 0.29) is 15.5 Å². The molecule has 1 aromatic heterocycles. The predicted octanol–water partition coefficient (Wildman–Crippen LogP) is 4.04. The number of aliphatic hydroxyl groups excluding tert-OH is 1. The van der Waals surface area contributed by atoms with Crippen molar-refractivity contribution in [3.8, 4) is 0 Å². The number of rotatable bonds is 2. The molecule has 0 radical (unpaired) electrons. The zero-order valence-corrected chi connectivity index (χ0v) is 10.7. The van der Waals surface area contributed by atoms with Crippen LogP contribution in [0.15, 0.2) is 24.4 Å². The summed E-state index contributed by atoms with van der Waals surface area (Å²) >= 11 is 5.92. The van der Waals surface area contributed by atoms with E-state index in [1.807, 2.05) is 0 Å². The van der Waals surface area contributed by atoms with Gasteiger partial charge in [0.2, 0.25) is 0 Å². The zero-order chi connectivity index (χ0) is 14.2.